The van der Waals surface area contributed by atoms with Crippen molar-refractivity contribution in [1.29, 1.82) is 0 Å². The minimum atomic E-state index is -3.83. The van der Waals surface area contributed by atoms with Gasteiger partial charge in [0.05, 0.1) is 13.2 Å². The van der Waals surface area contributed by atoms with E-state index in [9.17, 15) is 8.96 Å². The number of hydrogen-bond donors (Lipinski definition) is 0. The Kier molecular flexibility index (Phi) is 6.03. The predicted molar refractivity (Wildman–Crippen MR) is 71.4 cm³/mol. The van der Waals surface area contributed by atoms with Crippen molar-refractivity contribution in [1.82, 2.24) is 0 Å². The molecule has 0 spiro atoms. The van der Waals surface area contributed by atoms with E-state index in [0.717, 1.165) is 6.08 Å². The standard InChI is InChI=1S/C12H15ClFO3P/c1-3-16-18(15,17-4-2)12(14)9-10-5-7-11(13)8-6-10/h5-9H,3-4H2,1-2H3/b12-9+. The molecule has 1 aromatic carbocycles. The van der Waals surface area contributed by atoms with Gasteiger partial charge in [0.25, 0.3) is 0 Å². The van der Waals surface area contributed by atoms with Crippen LogP contribution in [0.5, 0.6) is 0 Å². The lowest BCUT2D eigenvalue weighted by atomic mass is 10.2. The molecule has 0 aliphatic carbocycles. The highest BCUT2D eigenvalue weighted by atomic mass is 35.5. The molecular formula is C12H15ClFO3P. The Balaban J connectivity index is 2.98. The second-order valence-electron chi connectivity index (χ2n) is 3.35. The third-order valence-electron chi connectivity index (χ3n) is 2.02. The van der Waals surface area contributed by atoms with Crippen molar-refractivity contribution in [3.63, 3.8) is 0 Å². The fourth-order valence-corrected chi connectivity index (χ4v) is 2.71. The van der Waals surface area contributed by atoms with Gasteiger partial charge in [0.1, 0.15) is 0 Å². The van der Waals surface area contributed by atoms with Crippen molar-refractivity contribution in [2.75, 3.05) is 13.2 Å². The zero-order chi connectivity index (χ0) is 13.6. The molecule has 0 fully saturated rings. The molecule has 0 aliphatic heterocycles. The lowest BCUT2D eigenvalue weighted by Crippen LogP contribution is -1.96. The summed E-state index contributed by atoms with van der Waals surface area (Å²) in [5.41, 5.74) is -0.370. The van der Waals surface area contributed by atoms with Crippen LogP contribution in [-0.2, 0) is 13.6 Å². The Labute approximate surface area is 111 Å². The van der Waals surface area contributed by atoms with Gasteiger partial charge in [-0.1, -0.05) is 23.7 Å². The van der Waals surface area contributed by atoms with Crippen LogP contribution >= 0.6 is 19.2 Å². The Morgan fingerprint density at radius 1 is 1.28 bits per heavy atom. The summed E-state index contributed by atoms with van der Waals surface area (Å²) >= 11 is 5.72. The van der Waals surface area contributed by atoms with Crippen LogP contribution < -0.4 is 0 Å². The van der Waals surface area contributed by atoms with Gasteiger partial charge in [0, 0.05) is 5.02 Å². The van der Waals surface area contributed by atoms with Crippen LogP contribution in [0.4, 0.5) is 4.39 Å². The molecule has 0 N–H and O–H groups in total. The number of rotatable bonds is 6. The zero-order valence-corrected chi connectivity index (χ0v) is 11.9. The van der Waals surface area contributed by atoms with Crippen LogP contribution in [0.3, 0.4) is 0 Å². The highest BCUT2D eigenvalue weighted by Crippen LogP contribution is 2.57. The van der Waals surface area contributed by atoms with Crippen LogP contribution in [0.15, 0.2) is 29.8 Å². The van der Waals surface area contributed by atoms with Crippen LogP contribution in [-0.4, -0.2) is 13.2 Å². The van der Waals surface area contributed by atoms with Crippen LogP contribution in [0, 0.1) is 0 Å². The molecule has 0 saturated heterocycles. The van der Waals surface area contributed by atoms with Gasteiger partial charge in [-0.05, 0) is 37.6 Å². The van der Waals surface area contributed by atoms with Crippen LogP contribution in [0.2, 0.25) is 5.02 Å². The van der Waals surface area contributed by atoms with E-state index in [4.69, 9.17) is 20.6 Å². The first kappa shape index (κ1) is 15.4. The van der Waals surface area contributed by atoms with Gasteiger partial charge in [-0.2, -0.15) is 4.39 Å². The van der Waals surface area contributed by atoms with Gasteiger partial charge in [0.15, 0.2) is 0 Å². The number of benzene rings is 1. The SMILES string of the molecule is CCOP(=O)(OCC)/C(F)=C/c1ccc(Cl)cc1. The quantitative estimate of drug-likeness (QED) is 0.701. The molecule has 0 bridgehead atoms. The topological polar surface area (TPSA) is 35.5 Å². The van der Waals surface area contributed by atoms with Crippen molar-refractivity contribution in [3.8, 4) is 0 Å². The lowest BCUT2D eigenvalue weighted by Gasteiger charge is -2.14. The van der Waals surface area contributed by atoms with Crippen molar-refractivity contribution >= 4 is 25.3 Å². The average molecular weight is 293 g/mol. The van der Waals surface area contributed by atoms with E-state index < -0.39 is 13.2 Å². The van der Waals surface area contributed by atoms with E-state index in [-0.39, 0.29) is 13.2 Å². The Morgan fingerprint density at radius 2 is 1.78 bits per heavy atom. The molecule has 0 unspecified atom stereocenters. The summed E-state index contributed by atoms with van der Waals surface area (Å²) in [7, 11) is -3.83. The first-order valence-electron chi connectivity index (χ1n) is 5.54. The van der Waals surface area contributed by atoms with E-state index in [0.29, 0.717) is 10.6 Å². The van der Waals surface area contributed by atoms with E-state index in [1.165, 1.54) is 0 Å². The molecule has 0 atom stereocenters. The smallest absolute Gasteiger partial charge is 0.304 e. The minimum Gasteiger partial charge on any atom is -0.304 e. The third kappa shape index (κ3) is 4.21. The van der Waals surface area contributed by atoms with Crippen LogP contribution in [0.25, 0.3) is 6.08 Å². The first-order chi connectivity index (χ1) is 8.51. The minimum absolute atomic E-state index is 0.110. The summed E-state index contributed by atoms with van der Waals surface area (Å²) in [5, 5.41) is 0.547. The molecule has 0 heterocycles. The maximum Gasteiger partial charge on any atom is 0.389 e. The molecule has 0 aromatic heterocycles. The summed E-state index contributed by atoms with van der Waals surface area (Å²) in [6.45, 7) is 3.47. The monoisotopic (exact) mass is 292 g/mol. The fourth-order valence-electron chi connectivity index (χ4n) is 1.28. The van der Waals surface area contributed by atoms with E-state index >= 15 is 0 Å². The van der Waals surface area contributed by atoms with Crippen molar-refractivity contribution in [2.24, 2.45) is 0 Å². The molecule has 6 heteroatoms. The summed E-state index contributed by atoms with van der Waals surface area (Å²) in [4.78, 5) is 0. The van der Waals surface area contributed by atoms with E-state index in [1.54, 1.807) is 38.1 Å². The molecule has 100 valence electrons. The number of halogens is 2. The third-order valence-corrected chi connectivity index (χ3v) is 4.12. The molecule has 0 radical (unpaired) electrons. The molecule has 0 amide bonds. The summed E-state index contributed by atoms with van der Waals surface area (Å²) in [6.07, 6.45) is 1.13. The fraction of sp³-hybridized carbons (Fsp3) is 0.333. The van der Waals surface area contributed by atoms with Crippen LogP contribution in [0.1, 0.15) is 19.4 Å². The highest BCUT2D eigenvalue weighted by molar-refractivity contribution is 7.58. The lowest BCUT2D eigenvalue weighted by molar-refractivity contribution is 0.220. The van der Waals surface area contributed by atoms with E-state index in [2.05, 4.69) is 0 Å². The number of hydrogen-bond acceptors (Lipinski definition) is 3. The van der Waals surface area contributed by atoms with Crippen molar-refractivity contribution in [2.45, 2.75) is 13.8 Å². The van der Waals surface area contributed by atoms with Crippen molar-refractivity contribution < 1.29 is 18.0 Å². The Morgan fingerprint density at radius 3 is 2.22 bits per heavy atom. The van der Waals surface area contributed by atoms with Gasteiger partial charge in [-0.25, -0.2) is 0 Å². The predicted octanol–water partition coefficient (Wildman–Crippen LogP) is 4.87. The second-order valence-corrected chi connectivity index (χ2v) is 5.73. The molecule has 18 heavy (non-hydrogen) atoms. The molecule has 0 saturated carbocycles. The Bertz CT molecular complexity index is 449. The molecule has 0 aliphatic rings. The van der Waals surface area contributed by atoms with E-state index in [1.807, 2.05) is 0 Å². The molecule has 1 aromatic rings. The largest absolute Gasteiger partial charge is 0.389 e. The van der Waals surface area contributed by atoms with Gasteiger partial charge >= 0.3 is 7.60 Å². The Hall–Kier alpha value is -0.670. The average Bonchev–Trinajstić information content (AvgIpc) is 2.32. The second kappa shape index (κ2) is 7.05. The molecule has 3 nitrogen and oxygen atoms in total. The van der Waals surface area contributed by atoms with Gasteiger partial charge in [-0.15, -0.1) is 0 Å². The summed E-state index contributed by atoms with van der Waals surface area (Å²) < 4.78 is 35.8. The van der Waals surface area contributed by atoms with Crippen molar-refractivity contribution in [3.05, 3.63) is 40.4 Å². The van der Waals surface area contributed by atoms with Gasteiger partial charge in [0.2, 0.25) is 5.57 Å². The molecule has 1 rings (SSSR count). The maximum absolute atomic E-state index is 13.9. The zero-order valence-electron chi connectivity index (χ0n) is 10.2. The molecular weight excluding hydrogens is 278 g/mol. The summed E-state index contributed by atoms with van der Waals surface area (Å²) in [5.74, 6) is 0. The van der Waals surface area contributed by atoms with Gasteiger partial charge in [-0.3, -0.25) is 4.57 Å². The van der Waals surface area contributed by atoms with Gasteiger partial charge < -0.3 is 9.05 Å². The highest BCUT2D eigenvalue weighted by Gasteiger charge is 2.30. The summed E-state index contributed by atoms with van der Waals surface area (Å²) in [6, 6.07) is 6.47. The maximum atomic E-state index is 13.9. The normalized spacial score (nSPS) is 12.8. The first-order valence-corrected chi connectivity index (χ1v) is 7.46.